The predicted octanol–water partition coefficient (Wildman–Crippen LogP) is 2.69. The van der Waals surface area contributed by atoms with Crippen molar-refractivity contribution < 1.29 is 14.2 Å². The maximum Gasteiger partial charge on any atom is 0.171 e. The number of aliphatic hydroxyl groups excluding tert-OH is 1. The van der Waals surface area contributed by atoms with Gasteiger partial charge in [-0.05, 0) is 25.5 Å². The van der Waals surface area contributed by atoms with E-state index < -0.39 is 11.9 Å². The van der Waals surface area contributed by atoms with Crippen LogP contribution in [0.2, 0.25) is 0 Å². The van der Waals surface area contributed by atoms with E-state index in [2.05, 4.69) is 5.10 Å². The molecule has 1 unspecified atom stereocenters. The van der Waals surface area contributed by atoms with Crippen LogP contribution in [0, 0.1) is 5.82 Å². The Labute approximate surface area is 117 Å². The minimum Gasteiger partial charge on any atom is -0.494 e. The van der Waals surface area contributed by atoms with Gasteiger partial charge in [-0.15, -0.1) is 0 Å². The summed E-state index contributed by atoms with van der Waals surface area (Å²) >= 11 is 0. The normalized spacial score (nSPS) is 12.4. The maximum absolute atomic E-state index is 14.2. The van der Waals surface area contributed by atoms with Crippen molar-refractivity contribution in [2.24, 2.45) is 0 Å². The Bertz CT molecular complexity index is 596. The molecule has 0 spiro atoms. The molecule has 0 radical (unpaired) electrons. The summed E-state index contributed by atoms with van der Waals surface area (Å²) < 4.78 is 20.9. The Morgan fingerprint density at radius 1 is 1.40 bits per heavy atom. The van der Waals surface area contributed by atoms with Crippen LogP contribution in [-0.2, 0) is 13.0 Å². The molecule has 1 aromatic heterocycles. The summed E-state index contributed by atoms with van der Waals surface area (Å²) in [6.45, 7) is 4.55. The number of ether oxygens (including phenoxy) is 1. The van der Waals surface area contributed by atoms with Gasteiger partial charge in [0.2, 0.25) is 0 Å². The van der Waals surface area contributed by atoms with Crippen LogP contribution in [0.4, 0.5) is 4.39 Å². The van der Waals surface area contributed by atoms with E-state index in [0.29, 0.717) is 12.2 Å². The lowest BCUT2D eigenvalue weighted by molar-refractivity contribution is 0.201. The molecule has 0 aliphatic rings. The fourth-order valence-electron chi connectivity index (χ4n) is 2.19. The summed E-state index contributed by atoms with van der Waals surface area (Å²) in [4.78, 5) is 0. The molecule has 0 saturated carbocycles. The van der Waals surface area contributed by atoms with Gasteiger partial charge in [0.25, 0.3) is 0 Å². The zero-order valence-electron chi connectivity index (χ0n) is 11.9. The molecule has 0 aliphatic heterocycles. The molecule has 1 heterocycles. The number of aryl methyl sites for hydroxylation is 2. The van der Waals surface area contributed by atoms with Gasteiger partial charge in [-0.2, -0.15) is 5.10 Å². The first-order valence-corrected chi connectivity index (χ1v) is 6.69. The number of rotatable bonds is 5. The fourth-order valence-corrected chi connectivity index (χ4v) is 2.19. The topological polar surface area (TPSA) is 47.3 Å². The highest BCUT2D eigenvalue weighted by Gasteiger charge is 2.21. The summed E-state index contributed by atoms with van der Waals surface area (Å²) in [6.07, 6.45) is -0.286. The van der Waals surface area contributed by atoms with Crippen LogP contribution in [0.25, 0.3) is 0 Å². The van der Waals surface area contributed by atoms with E-state index in [1.165, 1.54) is 13.2 Å². The Balaban J connectivity index is 2.45. The number of benzene rings is 1. The Kier molecular flexibility index (Phi) is 4.39. The molecule has 0 saturated heterocycles. The fraction of sp³-hybridized carbons (Fsp3) is 0.400. The predicted molar refractivity (Wildman–Crippen MR) is 74.3 cm³/mol. The highest BCUT2D eigenvalue weighted by molar-refractivity contribution is 5.36. The summed E-state index contributed by atoms with van der Waals surface area (Å²) in [5.41, 5.74) is 1.67. The van der Waals surface area contributed by atoms with E-state index in [9.17, 15) is 9.50 Å². The summed E-state index contributed by atoms with van der Waals surface area (Å²) in [6, 6.07) is 6.56. The van der Waals surface area contributed by atoms with E-state index in [0.717, 1.165) is 12.1 Å². The SMILES string of the molecule is CCc1cc(C(O)c2cccc(OC)c2F)n(CC)n1. The number of nitrogens with zero attached hydrogens (tertiary/aromatic N) is 2. The number of hydrogen-bond acceptors (Lipinski definition) is 3. The van der Waals surface area contributed by atoms with Crippen molar-refractivity contribution in [3.63, 3.8) is 0 Å². The quantitative estimate of drug-likeness (QED) is 0.914. The van der Waals surface area contributed by atoms with Crippen LogP contribution in [0.1, 0.15) is 36.9 Å². The highest BCUT2D eigenvalue weighted by Crippen LogP contribution is 2.29. The van der Waals surface area contributed by atoms with Crippen LogP contribution in [-0.4, -0.2) is 22.0 Å². The smallest absolute Gasteiger partial charge is 0.171 e. The second-order valence-corrected chi connectivity index (χ2v) is 4.50. The van der Waals surface area contributed by atoms with Crippen molar-refractivity contribution in [3.05, 3.63) is 47.0 Å². The molecule has 0 amide bonds. The van der Waals surface area contributed by atoms with Gasteiger partial charge >= 0.3 is 0 Å². The van der Waals surface area contributed by atoms with Crippen molar-refractivity contribution in [1.29, 1.82) is 0 Å². The zero-order valence-corrected chi connectivity index (χ0v) is 11.9. The van der Waals surface area contributed by atoms with Gasteiger partial charge in [0.15, 0.2) is 11.6 Å². The minimum absolute atomic E-state index is 0.125. The van der Waals surface area contributed by atoms with Gasteiger partial charge in [-0.3, -0.25) is 4.68 Å². The first-order chi connectivity index (χ1) is 9.62. The molecule has 4 nitrogen and oxygen atoms in total. The zero-order chi connectivity index (χ0) is 14.7. The molecule has 0 bridgehead atoms. The van der Waals surface area contributed by atoms with Crippen molar-refractivity contribution in [2.75, 3.05) is 7.11 Å². The van der Waals surface area contributed by atoms with Crippen LogP contribution >= 0.6 is 0 Å². The number of aliphatic hydroxyl groups is 1. The molecule has 20 heavy (non-hydrogen) atoms. The maximum atomic E-state index is 14.2. The number of methoxy groups -OCH3 is 1. The lowest BCUT2D eigenvalue weighted by Crippen LogP contribution is -2.10. The number of aromatic nitrogens is 2. The Morgan fingerprint density at radius 2 is 2.15 bits per heavy atom. The molecule has 2 aromatic rings. The van der Waals surface area contributed by atoms with Crippen molar-refractivity contribution >= 4 is 0 Å². The summed E-state index contributed by atoms with van der Waals surface area (Å²) in [7, 11) is 1.40. The Morgan fingerprint density at radius 3 is 2.75 bits per heavy atom. The Hall–Kier alpha value is -1.88. The molecular formula is C15H19FN2O2. The van der Waals surface area contributed by atoms with Gasteiger partial charge in [0, 0.05) is 12.1 Å². The number of hydrogen-bond donors (Lipinski definition) is 1. The van der Waals surface area contributed by atoms with Crippen molar-refractivity contribution in [2.45, 2.75) is 32.9 Å². The summed E-state index contributed by atoms with van der Waals surface area (Å²) in [5.74, 6) is -0.413. The third-order valence-corrected chi connectivity index (χ3v) is 3.31. The molecule has 1 N–H and O–H groups in total. The lowest BCUT2D eigenvalue weighted by atomic mass is 10.0. The monoisotopic (exact) mass is 278 g/mol. The molecule has 2 rings (SSSR count). The third-order valence-electron chi connectivity index (χ3n) is 3.31. The second kappa shape index (κ2) is 6.05. The van der Waals surface area contributed by atoms with Gasteiger partial charge < -0.3 is 9.84 Å². The molecule has 0 aliphatic carbocycles. The molecule has 5 heteroatoms. The first-order valence-electron chi connectivity index (χ1n) is 6.69. The van der Waals surface area contributed by atoms with Crippen LogP contribution in [0.5, 0.6) is 5.75 Å². The highest BCUT2D eigenvalue weighted by atomic mass is 19.1. The van der Waals surface area contributed by atoms with Crippen LogP contribution in [0.3, 0.4) is 0 Å². The molecule has 1 aromatic carbocycles. The van der Waals surface area contributed by atoms with Gasteiger partial charge in [0.1, 0.15) is 6.10 Å². The lowest BCUT2D eigenvalue weighted by Gasteiger charge is -2.14. The first kappa shape index (κ1) is 14.5. The number of halogens is 1. The standard InChI is InChI=1S/C15H19FN2O2/c1-4-10-9-12(18(5-2)17-10)15(19)11-7-6-8-13(20-3)14(11)16/h6-9,15,19H,4-5H2,1-3H3. The van der Waals surface area contributed by atoms with Crippen LogP contribution in [0.15, 0.2) is 24.3 Å². The molecule has 1 atom stereocenters. The third kappa shape index (κ3) is 2.54. The van der Waals surface area contributed by atoms with E-state index >= 15 is 0 Å². The average molecular weight is 278 g/mol. The van der Waals surface area contributed by atoms with Crippen LogP contribution < -0.4 is 4.74 Å². The van der Waals surface area contributed by atoms with Gasteiger partial charge in [0.05, 0.1) is 18.5 Å². The van der Waals surface area contributed by atoms with E-state index in [-0.39, 0.29) is 11.3 Å². The summed E-state index contributed by atoms with van der Waals surface area (Å²) in [5, 5.41) is 14.8. The van der Waals surface area contributed by atoms with Crippen molar-refractivity contribution in [3.8, 4) is 5.75 Å². The van der Waals surface area contributed by atoms with E-state index in [4.69, 9.17) is 4.74 Å². The average Bonchev–Trinajstić information content (AvgIpc) is 2.90. The minimum atomic E-state index is -1.06. The van der Waals surface area contributed by atoms with E-state index in [1.807, 2.05) is 19.9 Å². The van der Waals surface area contributed by atoms with Gasteiger partial charge in [-0.1, -0.05) is 19.1 Å². The van der Waals surface area contributed by atoms with Crippen molar-refractivity contribution in [1.82, 2.24) is 9.78 Å². The largest absolute Gasteiger partial charge is 0.494 e. The van der Waals surface area contributed by atoms with E-state index in [1.54, 1.807) is 16.8 Å². The van der Waals surface area contributed by atoms with Gasteiger partial charge in [-0.25, -0.2) is 4.39 Å². The second-order valence-electron chi connectivity index (χ2n) is 4.50. The molecular weight excluding hydrogens is 259 g/mol. The molecule has 0 fully saturated rings. The molecule has 108 valence electrons.